The van der Waals surface area contributed by atoms with Crippen LogP contribution in [0.1, 0.15) is 44.1 Å². The van der Waals surface area contributed by atoms with E-state index in [1.54, 1.807) is 11.8 Å². The summed E-state index contributed by atoms with van der Waals surface area (Å²) in [5.74, 6) is 2.11. The number of hydrogen-bond acceptors (Lipinski definition) is 7. The minimum atomic E-state index is -0.330. The molecule has 9 heteroatoms. The lowest BCUT2D eigenvalue weighted by molar-refractivity contribution is 0.144. The van der Waals surface area contributed by atoms with Crippen LogP contribution < -0.4 is 10.3 Å². The summed E-state index contributed by atoms with van der Waals surface area (Å²) in [7, 11) is 1.65. The Morgan fingerprint density at radius 3 is 2.81 bits per heavy atom. The molecule has 2 aromatic heterocycles. The summed E-state index contributed by atoms with van der Waals surface area (Å²) in [5, 5.41) is 13.3. The van der Waals surface area contributed by atoms with Gasteiger partial charge in [0, 0.05) is 23.6 Å². The normalized spacial score (nSPS) is 16.6. The molecule has 166 valence electrons. The first kappa shape index (κ1) is 21.5. The molecule has 31 heavy (non-hydrogen) atoms. The van der Waals surface area contributed by atoms with E-state index in [0.717, 1.165) is 42.6 Å². The van der Waals surface area contributed by atoms with Crippen LogP contribution in [-0.2, 0) is 11.3 Å². The van der Waals surface area contributed by atoms with Crippen LogP contribution in [-0.4, -0.2) is 63.5 Å². The number of nitrogens with zero attached hydrogens (tertiary/aromatic N) is 5. The Morgan fingerprint density at radius 1 is 1.26 bits per heavy atom. The van der Waals surface area contributed by atoms with Crippen molar-refractivity contribution in [2.24, 2.45) is 5.92 Å². The van der Waals surface area contributed by atoms with E-state index in [0.29, 0.717) is 37.1 Å². The lowest BCUT2D eigenvalue weighted by atomic mass is 9.95. The number of rotatable bonds is 8. The standard InChI is InChI=1S/C22H30N6O3/c1-4-31-17-5-6-19-16(13-17)14-18(22(29)23-19)20(27-9-7-15(2)8-10-27)21-24-25-26-28(21)11-12-30-3/h5-6,13-15,20H,4,7-12H2,1-3H3,(H,23,29)/t20-/m1/s1. The highest BCUT2D eigenvalue weighted by Gasteiger charge is 2.32. The Hall–Kier alpha value is -2.78. The average molecular weight is 427 g/mol. The number of likely N-dealkylation sites (tertiary alicyclic amines) is 1. The number of benzene rings is 1. The van der Waals surface area contributed by atoms with Gasteiger partial charge in [0.25, 0.3) is 5.56 Å². The molecule has 1 aliphatic heterocycles. The van der Waals surface area contributed by atoms with Gasteiger partial charge in [-0.1, -0.05) is 6.92 Å². The number of tetrazole rings is 1. The molecule has 0 bridgehead atoms. The molecule has 4 rings (SSSR count). The summed E-state index contributed by atoms with van der Waals surface area (Å²) in [6.07, 6.45) is 2.16. The summed E-state index contributed by atoms with van der Waals surface area (Å²) in [6.45, 7) is 7.61. The number of methoxy groups -OCH3 is 1. The predicted molar refractivity (Wildman–Crippen MR) is 117 cm³/mol. The van der Waals surface area contributed by atoms with Gasteiger partial charge in [0.15, 0.2) is 5.82 Å². The minimum absolute atomic E-state index is 0.124. The van der Waals surface area contributed by atoms with Crippen molar-refractivity contribution in [3.05, 3.63) is 46.0 Å². The van der Waals surface area contributed by atoms with Crippen molar-refractivity contribution < 1.29 is 9.47 Å². The predicted octanol–water partition coefficient (Wildman–Crippen LogP) is 2.38. The van der Waals surface area contributed by atoms with Crippen LogP contribution in [0.2, 0.25) is 0 Å². The van der Waals surface area contributed by atoms with Crippen molar-refractivity contribution in [2.75, 3.05) is 33.4 Å². The maximum atomic E-state index is 13.2. The van der Waals surface area contributed by atoms with Crippen LogP contribution in [0.15, 0.2) is 29.1 Å². The molecule has 1 saturated heterocycles. The number of fused-ring (bicyclic) bond motifs is 1. The Morgan fingerprint density at radius 2 is 2.06 bits per heavy atom. The van der Waals surface area contributed by atoms with Gasteiger partial charge >= 0.3 is 0 Å². The summed E-state index contributed by atoms with van der Waals surface area (Å²) in [4.78, 5) is 18.6. The van der Waals surface area contributed by atoms with Crippen molar-refractivity contribution in [3.63, 3.8) is 0 Å². The Bertz CT molecular complexity index is 1070. The van der Waals surface area contributed by atoms with Gasteiger partial charge in [0.05, 0.1) is 19.8 Å². The largest absolute Gasteiger partial charge is 0.494 e. The molecule has 1 atom stereocenters. The minimum Gasteiger partial charge on any atom is -0.494 e. The molecule has 1 N–H and O–H groups in total. The number of piperidine rings is 1. The van der Waals surface area contributed by atoms with Crippen LogP contribution >= 0.6 is 0 Å². The number of ether oxygens (including phenoxy) is 2. The fraction of sp³-hybridized carbons (Fsp3) is 0.545. The molecule has 3 aromatic rings. The SMILES string of the molecule is CCOc1ccc2[nH]c(=O)c([C@H](c3nnnn3CCOC)N3CCC(C)CC3)cc2c1. The molecule has 1 fully saturated rings. The van der Waals surface area contributed by atoms with Gasteiger partial charge < -0.3 is 14.5 Å². The van der Waals surface area contributed by atoms with E-state index in [9.17, 15) is 4.79 Å². The highest BCUT2D eigenvalue weighted by atomic mass is 16.5. The lowest BCUT2D eigenvalue weighted by Gasteiger charge is -2.35. The second kappa shape index (κ2) is 9.57. The molecule has 9 nitrogen and oxygen atoms in total. The van der Waals surface area contributed by atoms with Crippen molar-refractivity contribution in [3.8, 4) is 5.75 Å². The Kier molecular flexibility index (Phi) is 6.62. The van der Waals surface area contributed by atoms with E-state index in [1.165, 1.54) is 0 Å². The van der Waals surface area contributed by atoms with E-state index in [2.05, 4.69) is 32.3 Å². The van der Waals surface area contributed by atoms with Gasteiger partial charge in [-0.25, -0.2) is 4.68 Å². The Balaban J connectivity index is 1.81. The number of aromatic amines is 1. The molecule has 0 aliphatic carbocycles. The quantitative estimate of drug-likeness (QED) is 0.590. The highest BCUT2D eigenvalue weighted by Crippen LogP contribution is 2.31. The van der Waals surface area contributed by atoms with Crippen LogP contribution in [0.4, 0.5) is 0 Å². The maximum Gasteiger partial charge on any atom is 0.253 e. The van der Waals surface area contributed by atoms with E-state index in [1.807, 2.05) is 31.2 Å². The molecular formula is C22H30N6O3. The maximum absolute atomic E-state index is 13.2. The second-order valence-corrected chi connectivity index (χ2v) is 8.11. The molecule has 1 aromatic carbocycles. The summed E-state index contributed by atoms with van der Waals surface area (Å²) >= 11 is 0. The zero-order chi connectivity index (χ0) is 21.8. The van der Waals surface area contributed by atoms with Crippen molar-refractivity contribution in [1.29, 1.82) is 0 Å². The third-order valence-electron chi connectivity index (χ3n) is 5.94. The fourth-order valence-corrected chi connectivity index (χ4v) is 4.19. The van der Waals surface area contributed by atoms with Gasteiger partial charge in [-0.05, 0) is 73.5 Å². The monoisotopic (exact) mass is 426 g/mol. The first-order valence-electron chi connectivity index (χ1n) is 10.9. The zero-order valence-electron chi connectivity index (χ0n) is 18.4. The van der Waals surface area contributed by atoms with Crippen LogP contribution in [0.3, 0.4) is 0 Å². The van der Waals surface area contributed by atoms with Crippen molar-refractivity contribution in [2.45, 2.75) is 39.3 Å². The molecule has 0 amide bonds. The molecule has 1 aliphatic rings. The lowest BCUT2D eigenvalue weighted by Crippen LogP contribution is -2.40. The summed E-state index contributed by atoms with van der Waals surface area (Å²) in [6, 6.07) is 7.33. The van der Waals surface area contributed by atoms with Crippen LogP contribution in [0.5, 0.6) is 5.75 Å². The number of nitrogens with one attached hydrogen (secondary N) is 1. The van der Waals surface area contributed by atoms with Gasteiger partial charge in [-0.3, -0.25) is 9.69 Å². The first-order valence-corrected chi connectivity index (χ1v) is 10.9. The Labute approximate surface area is 181 Å². The smallest absolute Gasteiger partial charge is 0.253 e. The number of hydrogen-bond donors (Lipinski definition) is 1. The zero-order valence-corrected chi connectivity index (χ0v) is 18.4. The first-order chi connectivity index (χ1) is 15.1. The molecular weight excluding hydrogens is 396 g/mol. The van der Waals surface area contributed by atoms with Gasteiger partial charge in [-0.15, -0.1) is 5.10 Å². The van der Waals surface area contributed by atoms with E-state index in [4.69, 9.17) is 9.47 Å². The highest BCUT2D eigenvalue weighted by molar-refractivity contribution is 5.80. The van der Waals surface area contributed by atoms with Crippen molar-refractivity contribution >= 4 is 10.9 Å². The molecule has 0 radical (unpaired) electrons. The van der Waals surface area contributed by atoms with E-state index >= 15 is 0 Å². The third-order valence-corrected chi connectivity index (χ3v) is 5.94. The number of aromatic nitrogens is 5. The van der Waals surface area contributed by atoms with E-state index < -0.39 is 0 Å². The van der Waals surface area contributed by atoms with E-state index in [-0.39, 0.29) is 11.6 Å². The molecule has 0 unspecified atom stereocenters. The second-order valence-electron chi connectivity index (χ2n) is 8.11. The van der Waals surface area contributed by atoms with Crippen molar-refractivity contribution in [1.82, 2.24) is 30.1 Å². The molecule has 0 saturated carbocycles. The number of H-pyrrole nitrogens is 1. The number of pyridine rings is 1. The topological polar surface area (TPSA) is 98.2 Å². The fourth-order valence-electron chi connectivity index (χ4n) is 4.19. The van der Waals surface area contributed by atoms with Gasteiger partial charge in [0.1, 0.15) is 11.8 Å². The molecule has 0 spiro atoms. The van der Waals surface area contributed by atoms with Crippen LogP contribution in [0, 0.1) is 5.92 Å². The van der Waals surface area contributed by atoms with Crippen LogP contribution in [0.25, 0.3) is 10.9 Å². The average Bonchev–Trinajstić information content (AvgIpc) is 3.22. The van der Waals surface area contributed by atoms with Gasteiger partial charge in [0.2, 0.25) is 0 Å². The third kappa shape index (κ3) is 4.62. The summed E-state index contributed by atoms with van der Waals surface area (Å²) < 4.78 is 12.6. The molecule has 3 heterocycles. The van der Waals surface area contributed by atoms with Gasteiger partial charge in [-0.2, -0.15) is 0 Å². The summed E-state index contributed by atoms with van der Waals surface area (Å²) in [5.41, 5.74) is 1.30.